The Morgan fingerprint density at radius 3 is 2.51 bits per heavy atom. The number of carboxylic acid groups (broad SMARTS) is 1. The van der Waals surface area contributed by atoms with Gasteiger partial charge in [0.15, 0.2) is 0 Å². The molecule has 10 heteroatoms. The average Bonchev–Trinajstić information content (AvgIpc) is 2.78. The van der Waals surface area contributed by atoms with Crippen molar-refractivity contribution in [3.63, 3.8) is 0 Å². The number of esters is 1. The summed E-state index contributed by atoms with van der Waals surface area (Å²) in [6.45, 7) is 8.08. The van der Waals surface area contributed by atoms with Gasteiger partial charge in [0.1, 0.15) is 17.3 Å². The fourth-order valence-electron chi connectivity index (χ4n) is 5.86. The molecule has 0 aliphatic heterocycles. The van der Waals surface area contributed by atoms with Gasteiger partial charge in [0, 0.05) is 36.0 Å². The van der Waals surface area contributed by atoms with Gasteiger partial charge in [-0.2, -0.15) is 0 Å². The predicted octanol–water partition coefficient (Wildman–Crippen LogP) is 4.70. The molecule has 0 amide bonds. The number of carboxylic acids is 1. The van der Waals surface area contributed by atoms with Crippen LogP contribution in [0.1, 0.15) is 83.3 Å². The number of fused-ring (bicyclic) bond motifs is 2. The molecule has 1 aromatic carbocycles. The van der Waals surface area contributed by atoms with Gasteiger partial charge in [0.25, 0.3) is 5.09 Å². The maximum Gasteiger partial charge on any atom is 0.336 e. The maximum absolute atomic E-state index is 12.8. The molecule has 0 spiro atoms. The molecule has 3 aliphatic rings. The second-order valence-corrected chi connectivity index (χ2v) is 11.2. The van der Waals surface area contributed by atoms with E-state index in [0.29, 0.717) is 36.5 Å². The van der Waals surface area contributed by atoms with Crippen LogP contribution >= 0.6 is 0 Å². The minimum atomic E-state index is -1.29. The van der Waals surface area contributed by atoms with E-state index in [-0.39, 0.29) is 53.5 Å². The van der Waals surface area contributed by atoms with Crippen LogP contribution in [-0.4, -0.2) is 39.6 Å². The molecule has 3 fully saturated rings. The van der Waals surface area contributed by atoms with E-state index in [0.717, 1.165) is 18.9 Å². The summed E-state index contributed by atoms with van der Waals surface area (Å²) < 4.78 is 5.57. The molecule has 3 atom stereocenters. The van der Waals surface area contributed by atoms with Crippen molar-refractivity contribution in [3.8, 4) is 11.5 Å². The van der Waals surface area contributed by atoms with E-state index in [1.54, 1.807) is 12.1 Å². The van der Waals surface area contributed by atoms with Crippen LogP contribution in [0.2, 0.25) is 0 Å². The summed E-state index contributed by atoms with van der Waals surface area (Å²) in [7, 11) is 0. The number of Topliss-reactive ketones (excluding diaryl/α,β-unsaturated/α-hetero) is 1. The van der Waals surface area contributed by atoms with Crippen molar-refractivity contribution >= 4 is 17.7 Å². The number of unbranched alkanes of at least 4 members (excludes halogenated alkanes) is 2. The van der Waals surface area contributed by atoms with Crippen molar-refractivity contribution in [3.05, 3.63) is 45.5 Å². The Morgan fingerprint density at radius 1 is 1.22 bits per heavy atom. The molecule has 0 aromatic heterocycles. The third-order valence-corrected chi connectivity index (χ3v) is 8.13. The summed E-state index contributed by atoms with van der Waals surface area (Å²) in [5.74, 6) is -2.18. The Balaban J connectivity index is 1.89. The minimum absolute atomic E-state index is 0.00523. The topological polar surface area (TPSA) is 153 Å². The van der Waals surface area contributed by atoms with E-state index in [4.69, 9.17) is 9.84 Å². The Labute approximate surface area is 215 Å². The average molecular weight is 518 g/mol. The number of carbonyl (C=O) groups excluding carboxylic acids is 2. The zero-order chi connectivity index (χ0) is 27.5. The summed E-state index contributed by atoms with van der Waals surface area (Å²) >= 11 is 0. The Kier molecular flexibility index (Phi) is 8.29. The third-order valence-electron chi connectivity index (χ3n) is 8.13. The first-order chi connectivity index (χ1) is 17.2. The molecule has 1 aromatic rings. The second kappa shape index (κ2) is 10.9. The van der Waals surface area contributed by atoms with Crippen molar-refractivity contribution in [2.24, 2.45) is 17.3 Å². The second-order valence-electron chi connectivity index (χ2n) is 11.2. The Bertz CT molecular complexity index is 1110. The molecule has 10 nitrogen and oxygen atoms in total. The van der Waals surface area contributed by atoms with Crippen LogP contribution in [0.3, 0.4) is 0 Å². The predicted molar refractivity (Wildman–Crippen MR) is 133 cm³/mol. The molecule has 2 bridgehead atoms. The number of carbonyl (C=O) groups is 3. The van der Waals surface area contributed by atoms with Crippen LogP contribution in [0.5, 0.6) is 11.5 Å². The molecule has 0 heterocycles. The van der Waals surface area contributed by atoms with E-state index < -0.39 is 22.4 Å². The minimum Gasteiger partial charge on any atom is -0.508 e. The number of ether oxygens (including phenoxy) is 1. The van der Waals surface area contributed by atoms with Gasteiger partial charge in [-0.05, 0) is 53.7 Å². The van der Waals surface area contributed by atoms with Crippen LogP contribution < -0.4 is 4.74 Å². The summed E-state index contributed by atoms with van der Waals surface area (Å²) in [6.07, 6.45) is 5.15. The largest absolute Gasteiger partial charge is 0.508 e. The fraction of sp³-hybridized carbons (Fsp3) is 0.593. The first-order valence-electron chi connectivity index (χ1n) is 12.5. The lowest BCUT2D eigenvalue weighted by Crippen LogP contribution is -2.56. The maximum atomic E-state index is 12.8. The fourth-order valence-corrected chi connectivity index (χ4v) is 5.86. The first kappa shape index (κ1) is 28.1. The normalized spacial score (nSPS) is 22.4. The van der Waals surface area contributed by atoms with Gasteiger partial charge in [0.2, 0.25) is 0 Å². The summed E-state index contributed by atoms with van der Waals surface area (Å²) in [5.41, 5.74) is 0.445. The number of hydrogen-bond donors (Lipinski definition) is 2. The number of ketones is 1. The van der Waals surface area contributed by atoms with Crippen LogP contribution in [0, 0.1) is 27.4 Å². The van der Waals surface area contributed by atoms with Gasteiger partial charge in [0.05, 0.1) is 6.61 Å². The molecular weight excluding hydrogens is 482 g/mol. The van der Waals surface area contributed by atoms with Gasteiger partial charge < -0.3 is 19.8 Å². The van der Waals surface area contributed by atoms with Gasteiger partial charge >= 0.3 is 11.9 Å². The van der Waals surface area contributed by atoms with Gasteiger partial charge in [-0.3, -0.25) is 4.79 Å². The van der Waals surface area contributed by atoms with Crippen LogP contribution in [0.4, 0.5) is 0 Å². The quantitative estimate of drug-likeness (QED) is 0.100. The molecule has 3 saturated carbocycles. The lowest BCUT2D eigenvalue weighted by Gasteiger charge is -2.59. The molecule has 3 aliphatic carbocycles. The molecule has 0 saturated heterocycles. The van der Waals surface area contributed by atoms with E-state index in [1.165, 1.54) is 0 Å². The van der Waals surface area contributed by atoms with Crippen LogP contribution in [0.15, 0.2) is 24.3 Å². The van der Waals surface area contributed by atoms with Crippen molar-refractivity contribution in [1.82, 2.24) is 0 Å². The molecule has 0 unspecified atom stereocenters. The highest BCUT2D eigenvalue weighted by molar-refractivity contribution is 5.92. The number of phenols is 1. The summed E-state index contributed by atoms with van der Waals surface area (Å²) in [4.78, 5) is 50.7. The van der Waals surface area contributed by atoms with Crippen molar-refractivity contribution in [2.45, 2.75) is 77.6 Å². The number of benzene rings is 1. The van der Waals surface area contributed by atoms with Crippen molar-refractivity contribution in [1.29, 1.82) is 0 Å². The number of rotatable bonds is 12. The lowest BCUT2D eigenvalue weighted by molar-refractivity contribution is -0.757. The molecule has 2 N–H and O–H groups in total. The molecular formula is C27H35NO9. The van der Waals surface area contributed by atoms with Gasteiger partial charge in [-0.25, -0.2) is 9.59 Å². The summed E-state index contributed by atoms with van der Waals surface area (Å²) in [6, 6.07) is 3.34. The number of aliphatic carboxylic acids is 1. The zero-order valence-electron chi connectivity index (χ0n) is 21.7. The molecule has 202 valence electrons. The van der Waals surface area contributed by atoms with Crippen LogP contribution in [-0.2, 0) is 24.6 Å². The van der Waals surface area contributed by atoms with E-state index in [1.807, 2.05) is 27.7 Å². The highest BCUT2D eigenvalue weighted by Crippen LogP contribution is 2.64. The highest BCUT2D eigenvalue weighted by atomic mass is 16.9. The van der Waals surface area contributed by atoms with E-state index in [2.05, 4.69) is 4.84 Å². The van der Waals surface area contributed by atoms with E-state index in [9.17, 15) is 29.6 Å². The monoisotopic (exact) mass is 517 g/mol. The highest BCUT2D eigenvalue weighted by Gasteiger charge is 2.59. The lowest BCUT2D eigenvalue weighted by atomic mass is 9.44. The molecule has 4 rings (SSSR count). The Hall–Kier alpha value is -3.43. The smallest absolute Gasteiger partial charge is 0.336 e. The van der Waals surface area contributed by atoms with Gasteiger partial charge in [-0.1, -0.05) is 40.5 Å². The number of aromatic hydroxyl groups is 1. The van der Waals surface area contributed by atoms with Crippen molar-refractivity contribution < 1.29 is 39.3 Å². The number of hydrogen-bond acceptors (Lipinski definition) is 8. The number of nitrogens with zero attached hydrogens (tertiary/aromatic N) is 1. The summed E-state index contributed by atoms with van der Waals surface area (Å²) in [5, 5.41) is 29.5. The third kappa shape index (κ3) is 6.29. The molecule has 37 heavy (non-hydrogen) atoms. The standard InChI is InChI=1S/C27H35NO9/c1-26(2,10-6-5-7-11-36-28(34)35)16-12-21(30)25(22(13-16)37-24(33)9-8-23(31)32)17-14-20(29)19-15-18(17)27(19,3)4/h8-9,12-13,17-19,30H,5-7,10-11,14-15H2,1-4H3,(H,31,32)/b9-8+/t17-,18-,19+/m1/s1. The Morgan fingerprint density at radius 2 is 1.92 bits per heavy atom. The SMILES string of the molecule is CC(C)(CCCCCO[N+](=O)[O-])c1cc(O)c([C@@H]2CC(=O)[C@@H]3C[C@H]2C3(C)C)c(OC(=O)/C=C/C(=O)O)c1. The van der Waals surface area contributed by atoms with E-state index >= 15 is 0 Å². The molecule has 0 radical (unpaired) electrons. The van der Waals surface area contributed by atoms with Crippen LogP contribution in [0.25, 0.3) is 0 Å². The first-order valence-corrected chi connectivity index (χ1v) is 12.5. The zero-order valence-corrected chi connectivity index (χ0v) is 21.7. The van der Waals surface area contributed by atoms with Crippen molar-refractivity contribution in [2.75, 3.05) is 6.61 Å². The number of phenolic OH excluding ortho intramolecular Hbond substituents is 1. The van der Waals surface area contributed by atoms with Gasteiger partial charge in [-0.15, -0.1) is 10.1 Å².